The van der Waals surface area contributed by atoms with Crippen LogP contribution in [-0.4, -0.2) is 94.8 Å². The van der Waals surface area contributed by atoms with Crippen molar-refractivity contribution < 1.29 is 33.9 Å². The van der Waals surface area contributed by atoms with Crippen LogP contribution in [0.3, 0.4) is 0 Å². The summed E-state index contributed by atoms with van der Waals surface area (Å²) in [6, 6.07) is -5.26. The van der Waals surface area contributed by atoms with Gasteiger partial charge in [-0.3, -0.25) is 29.0 Å². The van der Waals surface area contributed by atoms with Crippen molar-refractivity contribution >= 4 is 41.5 Å². The standard InChI is InChI=1S/C24H43N9O7/c1-12(2)18(23(39)40)32-20(36)15(6-4-10-29-24(27)28)31-19(35)13(3)30-21(37)16-7-5-11-33(16)22(38)14(25)8-9-17(26)34/h12-16,18H,4-11,25H2,1-3H3,(H2,26,34)(H,30,37)(H,31,35)(H,32,36)(H,39,40)(H4,27,28,29)/t13-,14-,15-,16-,18-/m0/s1. The number of carboxylic acid groups (broad SMARTS) is 1. The average Bonchev–Trinajstić information content (AvgIpc) is 3.36. The fourth-order valence-electron chi connectivity index (χ4n) is 4.15. The van der Waals surface area contributed by atoms with Gasteiger partial charge in [0.15, 0.2) is 5.96 Å². The van der Waals surface area contributed by atoms with Crippen LogP contribution in [0.1, 0.15) is 59.3 Å². The lowest BCUT2D eigenvalue weighted by atomic mass is 10.0. The second-order valence-corrected chi connectivity index (χ2v) is 10.1. The van der Waals surface area contributed by atoms with Crippen LogP contribution < -0.4 is 38.9 Å². The van der Waals surface area contributed by atoms with E-state index in [-0.39, 0.29) is 31.8 Å². The molecule has 1 rings (SSSR count). The Balaban J connectivity index is 2.88. The number of nitrogens with zero attached hydrogens (tertiary/aromatic N) is 2. The Labute approximate surface area is 233 Å². The minimum absolute atomic E-state index is 0.0456. The summed E-state index contributed by atoms with van der Waals surface area (Å²) in [5.74, 6) is -4.85. The second-order valence-electron chi connectivity index (χ2n) is 10.1. The van der Waals surface area contributed by atoms with Crippen LogP contribution in [0.4, 0.5) is 0 Å². The van der Waals surface area contributed by atoms with Crippen molar-refractivity contribution in [1.29, 1.82) is 0 Å². The molecule has 12 N–H and O–H groups in total. The number of rotatable bonds is 16. The molecule has 16 heteroatoms. The molecule has 0 unspecified atom stereocenters. The van der Waals surface area contributed by atoms with Crippen LogP contribution in [0.15, 0.2) is 4.99 Å². The van der Waals surface area contributed by atoms with Crippen LogP contribution >= 0.6 is 0 Å². The zero-order chi connectivity index (χ0) is 30.6. The van der Waals surface area contributed by atoms with Gasteiger partial charge >= 0.3 is 5.97 Å². The maximum atomic E-state index is 13.0. The molecule has 0 spiro atoms. The van der Waals surface area contributed by atoms with E-state index in [2.05, 4.69) is 20.9 Å². The third kappa shape index (κ3) is 11.0. The van der Waals surface area contributed by atoms with Crippen LogP contribution in [0.2, 0.25) is 0 Å². The minimum Gasteiger partial charge on any atom is -0.480 e. The number of carbonyl (C=O) groups excluding carboxylic acids is 5. The fourth-order valence-corrected chi connectivity index (χ4v) is 4.15. The van der Waals surface area contributed by atoms with Gasteiger partial charge in [-0.25, -0.2) is 4.79 Å². The highest BCUT2D eigenvalue weighted by molar-refractivity contribution is 5.95. The topological polar surface area (TPSA) is 278 Å². The molecule has 16 nitrogen and oxygen atoms in total. The molecule has 1 saturated heterocycles. The first kappa shape index (κ1) is 34.1. The third-order valence-corrected chi connectivity index (χ3v) is 6.42. The van der Waals surface area contributed by atoms with Crippen molar-refractivity contribution in [1.82, 2.24) is 20.9 Å². The number of aliphatic carboxylic acids is 1. The van der Waals surface area contributed by atoms with Gasteiger partial charge in [-0.2, -0.15) is 0 Å². The molecular formula is C24H43N9O7. The molecule has 0 aromatic rings. The van der Waals surface area contributed by atoms with E-state index in [9.17, 15) is 33.9 Å². The molecule has 5 amide bonds. The zero-order valence-corrected chi connectivity index (χ0v) is 23.2. The summed E-state index contributed by atoms with van der Waals surface area (Å²) < 4.78 is 0. The summed E-state index contributed by atoms with van der Waals surface area (Å²) in [4.78, 5) is 79.3. The van der Waals surface area contributed by atoms with Crippen molar-refractivity contribution in [2.24, 2.45) is 33.8 Å². The Morgan fingerprint density at radius 2 is 1.62 bits per heavy atom. The van der Waals surface area contributed by atoms with Gasteiger partial charge in [0.2, 0.25) is 29.5 Å². The molecule has 0 saturated carbocycles. The highest BCUT2D eigenvalue weighted by Crippen LogP contribution is 2.19. The summed E-state index contributed by atoms with van der Waals surface area (Å²) >= 11 is 0. The lowest BCUT2D eigenvalue weighted by Crippen LogP contribution is -2.57. The van der Waals surface area contributed by atoms with Crippen LogP contribution in [0.25, 0.3) is 0 Å². The molecular weight excluding hydrogens is 526 g/mol. The van der Waals surface area contributed by atoms with Gasteiger partial charge in [-0.05, 0) is 44.9 Å². The maximum Gasteiger partial charge on any atom is 0.326 e. The van der Waals surface area contributed by atoms with Crippen molar-refractivity contribution in [2.45, 2.75) is 89.5 Å². The number of hydrogen-bond donors (Lipinski definition) is 8. The molecule has 0 aromatic carbocycles. The van der Waals surface area contributed by atoms with Gasteiger partial charge in [0.25, 0.3) is 0 Å². The predicted molar refractivity (Wildman–Crippen MR) is 145 cm³/mol. The Morgan fingerprint density at radius 3 is 2.17 bits per heavy atom. The lowest BCUT2D eigenvalue weighted by Gasteiger charge is -2.28. The molecule has 0 bridgehead atoms. The Morgan fingerprint density at radius 1 is 0.975 bits per heavy atom. The summed E-state index contributed by atoms with van der Waals surface area (Å²) in [7, 11) is 0. The number of carbonyl (C=O) groups is 6. The fraction of sp³-hybridized carbons (Fsp3) is 0.708. The van der Waals surface area contributed by atoms with E-state index in [0.29, 0.717) is 25.8 Å². The van der Waals surface area contributed by atoms with E-state index in [1.54, 1.807) is 13.8 Å². The van der Waals surface area contributed by atoms with Crippen LogP contribution in [0.5, 0.6) is 0 Å². The third-order valence-electron chi connectivity index (χ3n) is 6.42. The van der Waals surface area contributed by atoms with Crippen molar-refractivity contribution in [3.05, 3.63) is 0 Å². The number of amides is 5. The molecule has 1 aliphatic heterocycles. The molecule has 0 radical (unpaired) electrons. The largest absolute Gasteiger partial charge is 0.480 e. The van der Waals surface area contributed by atoms with Crippen LogP contribution in [-0.2, 0) is 28.8 Å². The number of aliphatic imine (C=N–C) groups is 1. The normalized spacial score (nSPS) is 17.7. The molecule has 0 aromatic heterocycles. The predicted octanol–water partition coefficient (Wildman–Crippen LogP) is -3.16. The summed E-state index contributed by atoms with van der Waals surface area (Å²) in [5.41, 5.74) is 21.6. The molecule has 1 fully saturated rings. The number of guanidine groups is 1. The van der Waals surface area contributed by atoms with Crippen molar-refractivity contribution in [2.75, 3.05) is 13.1 Å². The van der Waals surface area contributed by atoms with E-state index in [4.69, 9.17) is 22.9 Å². The number of nitrogens with one attached hydrogen (secondary N) is 3. The van der Waals surface area contributed by atoms with Crippen molar-refractivity contribution in [3.63, 3.8) is 0 Å². The average molecular weight is 570 g/mol. The minimum atomic E-state index is -1.22. The summed E-state index contributed by atoms with van der Waals surface area (Å²) in [5, 5.41) is 17.0. The zero-order valence-electron chi connectivity index (χ0n) is 23.2. The van der Waals surface area contributed by atoms with E-state index >= 15 is 0 Å². The monoisotopic (exact) mass is 569 g/mol. The highest BCUT2D eigenvalue weighted by Gasteiger charge is 2.37. The molecule has 40 heavy (non-hydrogen) atoms. The van der Waals surface area contributed by atoms with Gasteiger partial charge in [-0.15, -0.1) is 0 Å². The first-order valence-corrected chi connectivity index (χ1v) is 13.2. The number of likely N-dealkylation sites (tertiary alicyclic amines) is 1. The van der Waals surface area contributed by atoms with E-state index in [0.717, 1.165) is 0 Å². The molecule has 1 aliphatic rings. The van der Waals surface area contributed by atoms with Gasteiger partial charge in [-0.1, -0.05) is 13.8 Å². The number of nitrogens with two attached hydrogens (primary N) is 4. The maximum absolute atomic E-state index is 13.0. The van der Waals surface area contributed by atoms with Gasteiger partial charge < -0.3 is 48.9 Å². The lowest BCUT2D eigenvalue weighted by molar-refractivity contribution is -0.143. The highest BCUT2D eigenvalue weighted by atomic mass is 16.4. The number of primary amides is 1. The van der Waals surface area contributed by atoms with E-state index in [1.165, 1.54) is 11.8 Å². The van der Waals surface area contributed by atoms with Gasteiger partial charge in [0.05, 0.1) is 6.04 Å². The SMILES string of the molecule is CC(C)[C@H](NC(=O)[C@H](CCCN=C(N)N)NC(=O)[C@H](C)NC(=O)[C@@H]1CCCN1C(=O)[C@@H](N)CCC(N)=O)C(=O)O. The molecule has 5 atom stereocenters. The summed E-state index contributed by atoms with van der Waals surface area (Å²) in [6.45, 7) is 5.14. The van der Waals surface area contributed by atoms with Gasteiger partial charge in [0, 0.05) is 19.5 Å². The van der Waals surface area contributed by atoms with E-state index in [1.807, 2.05) is 0 Å². The molecule has 1 heterocycles. The van der Waals surface area contributed by atoms with Crippen molar-refractivity contribution in [3.8, 4) is 0 Å². The molecule has 0 aliphatic carbocycles. The first-order chi connectivity index (χ1) is 18.6. The Kier molecular flexibility index (Phi) is 13.8. The first-order valence-electron chi connectivity index (χ1n) is 13.2. The number of hydrogen-bond acceptors (Lipinski definition) is 8. The Bertz CT molecular complexity index is 968. The number of carboxylic acids is 1. The van der Waals surface area contributed by atoms with Crippen LogP contribution in [0, 0.1) is 5.92 Å². The second kappa shape index (κ2) is 16.2. The van der Waals surface area contributed by atoms with E-state index < -0.39 is 71.6 Å². The Hall–Kier alpha value is -3.95. The summed E-state index contributed by atoms with van der Waals surface area (Å²) in [6.07, 6.45) is 1.27. The quantitative estimate of drug-likeness (QED) is 0.0524. The van der Waals surface area contributed by atoms with Gasteiger partial charge in [0.1, 0.15) is 24.2 Å². The smallest absolute Gasteiger partial charge is 0.326 e. The molecule has 226 valence electrons.